The molecule has 0 heterocycles. The van der Waals surface area contributed by atoms with Crippen molar-refractivity contribution in [2.45, 2.75) is 0 Å². The summed E-state index contributed by atoms with van der Waals surface area (Å²) in [4.78, 5) is 20.9. The molecule has 0 bridgehead atoms. The Morgan fingerprint density at radius 1 is 0.923 bits per heavy atom. The van der Waals surface area contributed by atoms with Crippen molar-refractivity contribution in [2.24, 2.45) is 0 Å². The third-order valence-electron chi connectivity index (χ3n) is 1.39. The van der Waals surface area contributed by atoms with Crippen LogP contribution in [0.4, 0.5) is 0 Å². The number of hydrogen-bond acceptors (Lipinski definition) is 2. The first-order valence-electron chi connectivity index (χ1n) is 3.18. The van der Waals surface area contributed by atoms with Crippen molar-refractivity contribution >= 4 is 35.8 Å². The van der Waals surface area contributed by atoms with Gasteiger partial charge >= 0.3 is 11.9 Å². The number of benzene rings is 1. The zero-order chi connectivity index (χ0) is 9.14. The smallest absolute Gasteiger partial charge is 0.336 e. The quantitative estimate of drug-likeness (QED) is 0.784. The standard InChI is InChI=1S/C8H6O4.Sn/c9-7(10)5-3-1-2-4-6(5)8(11)12;/h1-4H,(H,9,10)(H,11,12);. The molecule has 0 saturated heterocycles. The second-order valence-corrected chi connectivity index (χ2v) is 2.16. The van der Waals surface area contributed by atoms with Crippen molar-refractivity contribution in [3.05, 3.63) is 35.4 Å². The molecule has 2 N–H and O–H groups in total. The summed E-state index contributed by atoms with van der Waals surface area (Å²) in [7, 11) is 0. The Balaban J connectivity index is 0.00000144. The van der Waals surface area contributed by atoms with E-state index >= 15 is 0 Å². The molecule has 1 aromatic carbocycles. The Bertz CT molecular complexity index is 302. The number of aromatic carboxylic acids is 2. The molecular weight excluding hydrogens is 279 g/mol. The predicted molar refractivity (Wildman–Crippen MR) is 46.1 cm³/mol. The average molecular weight is 285 g/mol. The molecule has 0 aliphatic carbocycles. The fourth-order valence-corrected chi connectivity index (χ4v) is 0.856. The van der Waals surface area contributed by atoms with E-state index in [4.69, 9.17) is 10.2 Å². The molecular formula is C8H6O4Sn. The zero-order valence-corrected chi connectivity index (χ0v) is 9.37. The minimum atomic E-state index is -1.23. The van der Waals surface area contributed by atoms with Crippen molar-refractivity contribution in [1.82, 2.24) is 0 Å². The topological polar surface area (TPSA) is 74.6 Å². The number of carbonyl (C=O) groups is 2. The van der Waals surface area contributed by atoms with Crippen LogP contribution in [0.1, 0.15) is 20.7 Å². The number of carboxylic acid groups (broad SMARTS) is 2. The summed E-state index contributed by atoms with van der Waals surface area (Å²) in [6, 6.07) is 5.48. The van der Waals surface area contributed by atoms with Crippen LogP contribution < -0.4 is 0 Å². The van der Waals surface area contributed by atoms with Gasteiger partial charge in [-0.1, -0.05) is 12.1 Å². The molecule has 0 aliphatic rings. The van der Waals surface area contributed by atoms with Crippen LogP contribution >= 0.6 is 0 Å². The Hall–Kier alpha value is -1.04. The molecule has 0 unspecified atom stereocenters. The van der Waals surface area contributed by atoms with Gasteiger partial charge in [-0.15, -0.1) is 0 Å². The van der Waals surface area contributed by atoms with Crippen LogP contribution in [0.5, 0.6) is 0 Å². The fraction of sp³-hybridized carbons (Fsp3) is 0. The third-order valence-corrected chi connectivity index (χ3v) is 1.39. The van der Waals surface area contributed by atoms with Crippen LogP contribution in [0.15, 0.2) is 24.3 Å². The second-order valence-electron chi connectivity index (χ2n) is 2.16. The van der Waals surface area contributed by atoms with Crippen molar-refractivity contribution in [2.75, 3.05) is 0 Å². The summed E-state index contributed by atoms with van der Waals surface area (Å²) in [5.41, 5.74) is -0.380. The van der Waals surface area contributed by atoms with Crippen LogP contribution in [0.3, 0.4) is 0 Å². The Morgan fingerprint density at radius 3 is 1.46 bits per heavy atom. The number of rotatable bonds is 2. The summed E-state index contributed by atoms with van der Waals surface area (Å²) < 4.78 is 0. The van der Waals surface area contributed by atoms with Gasteiger partial charge in [0.1, 0.15) is 0 Å². The van der Waals surface area contributed by atoms with Gasteiger partial charge in [0.2, 0.25) is 0 Å². The molecule has 0 fully saturated rings. The van der Waals surface area contributed by atoms with Gasteiger partial charge in [-0.05, 0) is 12.1 Å². The zero-order valence-electron chi connectivity index (χ0n) is 6.52. The first-order chi connectivity index (χ1) is 5.63. The summed E-state index contributed by atoms with van der Waals surface area (Å²) in [5, 5.41) is 17.1. The van der Waals surface area contributed by atoms with Crippen LogP contribution in [0.25, 0.3) is 0 Å². The van der Waals surface area contributed by atoms with Crippen molar-refractivity contribution in [1.29, 1.82) is 0 Å². The molecule has 0 aromatic heterocycles. The van der Waals surface area contributed by atoms with E-state index in [1.807, 2.05) is 0 Å². The largest absolute Gasteiger partial charge is 0.478 e. The molecule has 4 nitrogen and oxygen atoms in total. The van der Waals surface area contributed by atoms with Gasteiger partial charge in [-0.25, -0.2) is 9.59 Å². The van der Waals surface area contributed by atoms with E-state index in [2.05, 4.69) is 0 Å². The SMILES string of the molecule is O=C(O)c1ccccc1C(=O)O.[Sn]. The molecule has 0 amide bonds. The first-order valence-corrected chi connectivity index (χ1v) is 3.18. The van der Waals surface area contributed by atoms with Crippen LogP contribution in [0, 0.1) is 0 Å². The summed E-state index contributed by atoms with van der Waals surface area (Å²) in [5.74, 6) is -2.46. The molecule has 13 heavy (non-hydrogen) atoms. The van der Waals surface area contributed by atoms with E-state index in [9.17, 15) is 9.59 Å². The van der Waals surface area contributed by atoms with Gasteiger partial charge in [0.05, 0.1) is 11.1 Å². The molecule has 1 aromatic rings. The molecule has 1 rings (SSSR count). The van der Waals surface area contributed by atoms with Gasteiger partial charge < -0.3 is 10.2 Å². The predicted octanol–water partition coefficient (Wildman–Crippen LogP) is 0.702. The molecule has 4 radical (unpaired) electrons. The van der Waals surface area contributed by atoms with E-state index in [-0.39, 0.29) is 35.0 Å². The monoisotopic (exact) mass is 286 g/mol. The van der Waals surface area contributed by atoms with Crippen molar-refractivity contribution in [3.8, 4) is 0 Å². The minimum Gasteiger partial charge on any atom is -0.478 e. The second kappa shape index (κ2) is 4.86. The maximum absolute atomic E-state index is 10.5. The Kier molecular flexibility index (Phi) is 4.47. The molecule has 66 valence electrons. The minimum absolute atomic E-state index is 0. The average Bonchev–Trinajstić information content (AvgIpc) is 2.04. The van der Waals surface area contributed by atoms with E-state index in [0.29, 0.717) is 0 Å². The summed E-state index contributed by atoms with van der Waals surface area (Å²) in [6.45, 7) is 0. The first kappa shape index (κ1) is 12.0. The summed E-state index contributed by atoms with van der Waals surface area (Å²) in [6.07, 6.45) is 0. The summed E-state index contributed by atoms with van der Waals surface area (Å²) >= 11 is 0. The van der Waals surface area contributed by atoms with Crippen LogP contribution in [0.2, 0.25) is 0 Å². The van der Waals surface area contributed by atoms with E-state index < -0.39 is 11.9 Å². The van der Waals surface area contributed by atoms with E-state index in [1.54, 1.807) is 0 Å². The van der Waals surface area contributed by atoms with Crippen molar-refractivity contribution in [3.63, 3.8) is 0 Å². The van der Waals surface area contributed by atoms with Crippen LogP contribution in [-0.4, -0.2) is 46.1 Å². The third kappa shape index (κ3) is 2.73. The Morgan fingerprint density at radius 2 is 1.23 bits per heavy atom. The fourth-order valence-electron chi connectivity index (χ4n) is 0.856. The molecule has 0 saturated carbocycles. The van der Waals surface area contributed by atoms with Crippen LogP contribution in [-0.2, 0) is 0 Å². The van der Waals surface area contributed by atoms with Gasteiger partial charge in [0.15, 0.2) is 0 Å². The molecule has 0 spiro atoms. The van der Waals surface area contributed by atoms with E-state index in [1.165, 1.54) is 24.3 Å². The molecule has 0 aliphatic heterocycles. The van der Waals surface area contributed by atoms with Gasteiger partial charge in [-0.3, -0.25) is 0 Å². The van der Waals surface area contributed by atoms with Gasteiger partial charge in [0.25, 0.3) is 0 Å². The maximum atomic E-state index is 10.5. The van der Waals surface area contributed by atoms with Crippen molar-refractivity contribution < 1.29 is 19.8 Å². The van der Waals surface area contributed by atoms with Gasteiger partial charge in [0, 0.05) is 23.9 Å². The number of carboxylic acids is 2. The Labute approximate surface area is 91.2 Å². The normalized spacial score (nSPS) is 8.62. The maximum Gasteiger partial charge on any atom is 0.336 e. The molecule has 5 heteroatoms. The van der Waals surface area contributed by atoms with E-state index in [0.717, 1.165) is 0 Å². The molecule has 0 atom stereocenters. The van der Waals surface area contributed by atoms with Gasteiger partial charge in [-0.2, -0.15) is 0 Å². The number of hydrogen-bond donors (Lipinski definition) is 2.